The summed E-state index contributed by atoms with van der Waals surface area (Å²) in [7, 11) is 5.89. The van der Waals surface area contributed by atoms with E-state index < -0.39 is 16.8 Å². The summed E-state index contributed by atoms with van der Waals surface area (Å²) in [6, 6.07) is 12.8. The van der Waals surface area contributed by atoms with Crippen LogP contribution in [0.2, 0.25) is 0 Å². The van der Waals surface area contributed by atoms with Gasteiger partial charge in [-0.1, -0.05) is 0 Å². The van der Waals surface area contributed by atoms with Gasteiger partial charge in [-0.3, -0.25) is 14.9 Å². The van der Waals surface area contributed by atoms with Crippen molar-refractivity contribution in [3.63, 3.8) is 0 Å². The SMILES string of the molecule is COc1cc(OC)c(C=CC(=O)Nc2ccc(OC)c(OC(=O)c3ccc([N+](=O)[O-])cc3)c2)c(OC)c1. The van der Waals surface area contributed by atoms with Crippen molar-refractivity contribution >= 4 is 29.3 Å². The highest BCUT2D eigenvalue weighted by Crippen LogP contribution is 2.35. The molecule has 0 atom stereocenters. The molecule has 0 radical (unpaired) electrons. The number of benzene rings is 3. The van der Waals surface area contributed by atoms with E-state index in [0.717, 1.165) is 0 Å². The zero-order valence-electron chi connectivity index (χ0n) is 20.5. The van der Waals surface area contributed by atoms with Crippen LogP contribution in [0.5, 0.6) is 28.7 Å². The molecule has 1 amide bonds. The zero-order valence-corrected chi connectivity index (χ0v) is 20.5. The van der Waals surface area contributed by atoms with Crippen LogP contribution < -0.4 is 29.0 Å². The van der Waals surface area contributed by atoms with Crippen molar-refractivity contribution in [3.05, 3.63) is 81.9 Å². The second kappa shape index (κ2) is 12.1. The smallest absolute Gasteiger partial charge is 0.343 e. The first-order valence-corrected chi connectivity index (χ1v) is 10.7. The van der Waals surface area contributed by atoms with Gasteiger partial charge in [-0.05, 0) is 30.3 Å². The number of carbonyl (C=O) groups excluding carboxylic acids is 2. The first kappa shape index (κ1) is 26.5. The van der Waals surface area contributed by atoms with Gasteiger partial charge in [-0.25, -0.2) is 4.79 Å². The predicted octanol–water partition coefficient (Wildman–Crippen LogP) is 4.50. The summed E-state index contributed by atoms with van der Waals surface area (Å²) in [4.78, 5) is 35.4. The van der Waals surface area contributed by atoms with Gasteiger partial charge < -0.3 is 29.0 Å². The molecule has 1 N–H and O–H groups in total. The molecule has 3 rings (SSSR count). The lowest BCUT2D eigenvalue weighted by molar-refractivity contribution is -0.384. The largest absolute Gasteiger partial charge is 0.496 e. The maximum absolute atomic E-state index is 12.6. The number of esters is 1. The zero-order chi connectivity index (χ0) is 26.9. The number of ether oxygens (including phenoxy) is 5. The maximum Gasteiger partial charge on any atom is 0.343 e. The third-order valence-corrected chi connectivity index (χ3v) is 5.10. The molecule has 0 aliphatic carbocycles. The van der Waals surface area contributed by atoms with E-state index in [-0.39, 0.29) is 22.7 Å². The molecule has 3 aromatic carbocycles. The molecule has 192 valence electrons. The Hall–Kier alpha value is -5.06. The second-order valence-corrected chi connectivity index (χ2v) is 7.33. The quantitative estimate of drug-likeness (QED) is 0.138. The normalized spacial score (nSPS) is 10.5. The number of nitrogens with one attached hydrogen (secondary N) is 1. The number of hydrogen-bond acceptors (Lipinski definition) is 9. The summed E-state index contributed by atoms with van der Waals surface area (Å²) in [5.74, 6) is 0.496. The molecule has 0 aliphatic rings. The van der Waals surface area contributed by atoms with E-state index in [1.807, 2.05) is 0 Å². The number of amides is 1. The van der Waals surface area contributed by atoms with Crippen LogP contribution in [0, 0.1) is 10.1 Å². The van der Waals surface area contributed by atoms with Crippen molar-refractivity contribution in [2.45, 2.75) is 0 Å². The van der Waals surface area contributed by atoms with E-state index in [2.05, 4.69) is 5.32 Å². The molecular formula is C26H24N2O9. The Labute approximate surface area is 212 Å². The minimum absolute atomic E-state index is 0.0473. The van der Waals surface area contributed by atoms with Gasteiger partial charge in [0.15, 0.2) is 11.5 Å². The lowest BCUT2D eigenvalue weighted by Gasteiger charge is -2.13. The molecule has 0 unspecified atom stereocenters. The van der Waals surface area contributed by atoms with Crippen LogP contribution in [0.25, 0.3) is 6.08 Å². The van der Waals surface area contributed by atoms with Crippen LogP contribution in [0.3, 0.4) is 0 Å². The molecule has 0 spiro atoms. The van der Waals surface area contributed by atoms with Crippen molar-refractivity contribution in [1.29, 1.82) is 0 Å². The van der Waals surface area contributed by atoms with E-state index in [9.17, 15) is 19.7 Å². The van der Waals surface area contributed by atoms with Gasteiger partial charge in [0.2, 0.25) is 5.91 Å². The molecule has 0 fully saturated rings. The molecule has 0 heterocycles. The molecule has 11 heteroatoms. The fraction of sp³-hybridized carbons (Fsp3) is 0.154. The van der Waals surface area contributed by atoms with Gasteiger partial charge in [0.25, 0.3) is 5.69 Å². The Morgan fingerprint density at radius 1 is 0.811 bits per heavy atom. The fourth-order valence-electron chi connectivity index (χ4n) is 3.25. The first-order valence-electron chi connectivity index (χ1n) is 10.7. The van der Waals surface area contributed by atoms with Gasteiger partial charge in [-0.15, -0.1) is 0 Å². The number of nitrogens with zero attached hydrogens (tertiary/aromatic N) is 1. The maximum atomic E-state index is 12.6. The predicted molar refractivity (Wildman–Crippen MR) is 135 cm³/mol. The molecule has 0 saturated heterocycles. The van der Waals surface area contributed by atoms with E-state index >= 15 is 0 Å². The minimum Gasteiger partial charge on any atom is -0.496 e. The number of nitro benzene ring substituents is 1. The highest BCUT2D eigenvalue weighted by Gasteiger charge is 2.16. The van der Waals surface area contributed by atoms with E-state index in [0.29, 0.717) is 28.5 Å². The van der Waals surface area contributed by atoms with Gasteiger partial charge in [0.1, 0.15) is 17.2 Å². The summed E-state index contributed by atoms with van der Waals surface area (Å²) in [6.45, 7) is 0. The van der Waals surface area contributed by atoms with Gasteiger partial charge in [0.05, 0.1) is 44.5 Å². The van der Waals surface area contributed by atoms with Gasteiger partial charge in [-0.2, -0.15) is 0 Å². The number of hydrogen-bond donors (Lipinski definition) is 1. The highest BCUT2D eigenvalue weighted by molar-refractivity contribution is 6.02. The Kier molecular flexibility index (Phi) is 8.66. The van der Waals surface area contributed by atoms with E-state index in [4.69, 9.17) is 23.7 Å². The molecule has 0 saturated carbocycles. The second-order valence-electron chi connectivity index (χ2n) is 7.33. The van der Waals surface area contributed by atoms with Crippen LogP contribution in [-0.4, -0.2) is 45.2 Å². The van der Waals surface area contributed by atoms with Crippen LogP contribution in [0.1, 0.15) is 15.9 Å². The van der Waals surface area contributed by atoms with Crippen LogP contribution in [0.4, 0.5) is 11.4 Å². The number of nitro groups is 1. The average molecular weight is 508 g/mol. The summed E-state index contributed by atoms with van der Waals surface area (Å²) < 4.78 is 26.6. The van der Waals surface area contributed by atoms with E-state index in [1.165, 1.54) is 77.0 Å². The third kappa shape index (κ3) is 6.54. The summed E-state index contributed by atoms with van der Waals surface area (Å²) >= 11 is 0. The van der Waals surface area contributed by atoms with Crippen molar-refractivity contribution < 1.29 is 38.2 Å². The summed E-state index contributed by atoms with van der Waals surface area (Å²) in [6.07, 6.45) is 2.82. The van der Waals surface area contributed by atoms with Crippen LogP contribution in [-0.2, 0) is 4.79 Å². The molecule has 0 aromatic heterocycles. The van der Waals surface area contributed by atoms with Crippen molar-refractivity contribution in [2.75, 3.05) is 33.8 Å². The third-order valence-electron chi connectivity index (χ3n) is 5.10. The van der Waals surface area contributed by atoms with Crippen molar-refractivity contribution in [1.82, 2.24) is 0 Å². The minimum atomic E-state index is -0.754. The average Bonchev–Trinajstić information content (AvgIpc) is 2.91. The lowest BCUT2D eigenvalue weighted by atomic mass is 10.1. The van der Waals surface area contributed by atoms with E-state index in [1.54, 1.807) is 18.2 Å². The number of non-ortho nitro benzene ring substituents is 1. The number of rotatable bonds is 10. The molecule has 11 nitrogen and oxygen atoms in total. The number of anilines is 1. The standard InChI is InChI=1S/C26H24N2O9/c1-33-19-14-22(35-3)20(23(15-19)36-4)10-12-25(29)27-17-7-11-21(34-2)24(13-17)37-26(30)16-5-8-18(9-6-16)28(31)32/h5-15H,1-4H3,(H,27,29). The number of carbonyl (C=O) groups is 2. The highest BCUT2D eigenvalue weighted by atomic mass is 16.6. The molecule has 0 bridgehead atoms. The Balaban J connectivity index is 1.78. The molecule has 3 aromatic rings. The summed E-state index contributed by atoms with van der Waals surface area (Å²) in [5.41, 5.74) is 0.813. The van der Waals surface area contributed by atoms with Gasteiger partial charge in [0, 0.05) is 42.1 Å². The molecule has 0 aliphatic heterocycles. The Bertz CT molecular complexity index is 1310. The van der Waals surface area contributed by atoms with Crippen molar-refractivity contribution in [2.24, 2.45) is 0 Å². The molecular weight excluding hydrogens is 484 g/mol. The summed E-state index contributed by atoms with van der Waals surface area (Å²) in [5, 5.41) is 13.5. The van der Waals surface area contributed by atoms with Gasteiger partial charge >= 0.3 is 5.97 Å². The Morgan fingerprint density at radius 2 is 1.43 bits per heavy atom. The Morgan fingerprint density at radius 3 is 1.97 bits per heavy atom. The lowest BCUT2D eigenvalue weighted by Crippen LogP contribution is -2.11. The van der Waals surface area contributed by atoms with Crippen LogP contribution >= 0.6 is 0 Å². The fourth-order valence-corrected chi connectivity index (χ4v) is 3.25. The molecule has 37 heavy (non-hydrogen) atoms. The monoisotopic (exact) mass is 508 g/mol. The first-order chi connectivity index (χ1) is 17.8. The van der Waals surface area contributed by atoms with Crippen molar-refractivity contribution in [3.8, 4) is 28.7 Å². The van der Waals surface area contributed by atoms with Crippen LogP contribution in [0.15, 0.2) is 60.7 Å². The topological polar surface area (TPSA) is 135 Å². The number of methoxy groups -OCH3 is 4.